The van der Waals surface area contributed by atoms with Gasteiger partial charge in [-0.25, -0.2) is 8.42 Å². The molecule has 0 radical (unpaired) electrons. The highest BCUT2D eigenvalue weighted by Crippen LogP contribution is 2.29. The van der Waals surface area contributed by atoms with E-state index < -0.39 is 16.1 Å². The molecule has 2 rings (SSSR count). The quantitative estimate of drug-likeness (QED) is 0.714. The summed E-state index contributed by atoms with van der Waals surface area (Å²) in [5, 5.41) is 3.61. The Hall–Kier alpha value is -1.05. The fourth-order valence-corrected chi connectivity index (χ4v) is 4.73. The van der Waals surface area contributed by atoms with Crippen LogP contribution in [0.3, 0.4) is 0 Å². The first-order valence-corrected chi connectivity index (χ1v) is 11.2. The Labute approximate surface area is 149 Å². The van der Waals surface area contributed by atoms with E-state index in [9.17, 15) is 13.2 Å². The highest BCUT2D eigenvalue weighted by Gasteiger charge is 2.30. The molecule has 1 aromatic carbocycles. The number of thioether (sulfide) groups is 1. The number of nitrogens with zero attached hydrogens (tertiary/aromatic N) is 1. The third-order valence-electron chi connectivity index (χ3n) is 4.31. The van der Waals surface area contributed by atoms with E-state index in [1.807, 2.05) is 30.0 Å². The first kappa shape index (κ1) is 19.3. The van der Waals surface area contributed by atoms with Gasteiger partial charge in [-0.3, -0.25) is 4.79 Å². The predicted molar refractivity (Wildman–Crippen MR) is 99.5 cm³/mol. The van der Waals surface area contributed by atoms with Crippen LogP contribution in [0.4, 0.5) is 0 Å². The lowest BCUT2D eigenvalue weighted by molar-refractivity contribution is -0.124. The number of rotatable bonds is 8. The van der Waals surface area contributed by atoms with Crippen molar-refractivity contribution in [3.8, 4) is 0 Å². The van der Waals surface area contributed by atoms with Crippen molar-refractivity contribution in [2.45, 2.75) is 37.0 Å². The number of carbonyl (C=O) groups is 1. The maximum absolute atomic E-state index is 12.6. The van der Waals surface area contributed by atoms with Gasteiger partial charge in [-0.1, -0.05) is 43.2 Å². The van der Waals surface area contributed by atoms with Gasteiger partial charge in [-0.2, -0.15) is 16.1 Å². The molecular weight excluding hydrogens is 344 g/mol. The molecule has 1 N–H and O–H groups in total. The summed E-state index contributed by atoms with van der Waals surface area (Å²) >= 11 is 1.90. The number of likely N-dealkylation sites (N-methyl/N-ethyl adjacent to an activating group) is 1. The van der Waals surface area contributed by atoms with Crippen molar-refractivity contribution in [2.24, 2.45) is 0 Å². The van der Waals surface area contributed by atoms with E-state index in [4.69, 9.17) is 0 Å². The lowest BCUT2D eigenvalue weighted by Crippen LogP contribution is -2.41. The van der Waals surface area contributed by atoms with Crippen LogP contribution in [0, 0.1) is 0 Å². The summed E-state index contributed by atoms with van der Waals surface area (Å²) < 4.78 is 24.9. The van der Waals surface area contributed by atoms with Gasteiger partial charge < -0.3 is 5.32 Å². The van der Waals surface area contributed by atoms with Gasteiger partial charge in [0, 0.05) is 24.6 Å². The average Bonchev–Trinajstić information content (AvgIpc) is 3.05. The van der Waals surface area contributed by atoms with Crippen LogP contribution in [0.15, 0.2) is 30.3 Å². The van der Waals surface area contributed by atoms with Crippen LogP contribution < -0.4 is 5.32 Å². The highest BCUT2D eigenvalue weighted by atomic mass is 32.2. The fourth-order valence-electron chi connectivity index (χ4n) is 2.90. The molecule has 0 heterocycles. The summed E-state index contributed by atoms with van der Waals surface area (Å²) in [5.41, 5.74) is 0.673. The van der Waals surface area contributed by atoms with Gasteiger partial charge in [0.2, 0.25) is 15.9 Å². The molecule has 0 bridgehead atoms. The molecule has 0 aliphatic heterocycles. The maximum atomic E-state index is 12.6. The molecule has 24 heavy (non-hydrogen) atoms. The van der Waals surface area contributed by atoms with E-state index in [1.54, 1.807) is 12.1 Å². The fraction of sp³-hybridized carbons (Fsp3) is 0.588. The van der Waals surface area contributed by atoms with Gasteiger partial charge >= 0.3 is 0 Å². The Kier molecular flexibility index (Phi) is 7.13. The van der Waals surface area contributed by atoms with E-state index in [0.29, 0.717) is 17.4 Å². The molecule has 0 saturated heterocycles. The largest absolute Gasteiger partial charge is 0.354 e. The highest BCUT2D eigenvalue weighted by molar-refractivity contribution is 7.99. The SMILES string of the molecule is CN([C@@H](C(=O)NCCSC1CCCC1)c1ccccc1)S(C)(=O)=O. The van der Waals surface area contributed by atoms with Gasteiger partial charge in [0.25, 0.3) is 0 Å². The lowest BCUT2D eigenvalue weighted by atomic mass is 10.1. The van der Waals surface area contributed by atoms with Crippen molar-refractivity contribution in [1.29, 1.82) is 0 Å². The molecular formula is C17H26N2O3S2. The van der Waals surface area contributed by atoms with Crippen LogP contribution in [-0.4, -0.2) is 49.5 Å². The van der Waals surface area contributed by atoms with Crippen LogP contribution in [0.5, 0.6) is 0 Å². The number of amides is 1. The summed E-state index contributed by atoms with van der Waals surface area (Å²) in [5.74, 6) is 0.585. The van der Waals surface area contributed by atoms with Gasteiger partial charge in [-0.05, 0) is 18.4 Å². The van der Waals surface area contributed by atoms with E-state index in [2.05, 4.69) is 5.32 Å². The molecule has 1 aliphatic carbocycles. The zero-order valence-corrected chi connectivity index (χ0v) is 15.9. The number of carbonyl (C=O) groups excluding carboxylic acids is 1. The van der Waals surface area contributed by atoms with Gasteiger partial charge in [0.05, 0.1) is 6.26 Å². The molecule has 134 valence electrons. The lowest BCUT2D eigenvalue weighted by Gasteiger charge is -2.25. The number of nitrogens with one attached hydrogen (secondary N) is 1. The molecule has 0 spiro atoms. The first-order valence-electron chi connectivity index (χ1n) is 8.27. The van der Waals surface area contributed by atoms with Crippen LogP contribution in [0.1, 0.15) is 37.3 Å². The van der Waals surface area contributed by atoms with Crippen molar-refractivity contribution >= 4 is 27.7 Å². The van der Waals surface area contributed by atoms with E-state index >= 15 is 0 Å². The Bertz CT molecular complexity index is 628. The number of hydrogen-bond acceptors (Lipinski definition) is 4. The van der Waals surface area contributed by atoms with E-state index in [0.717, 1.165) is 16.3 Å². The monoisotopic (exact) mass is 370 g/mol. The second-order valence-corrected chi connectivity index (χ2v) is 9.61. The molecule has 1 amide bonds. The van der Waals surface area contributed by atoms with Crippen molar-refractivity contribution in [2.75, 3.05) is 25.6 Å². The molecule has 0 aromatic heterocycles. The topological polar surface area (TPSA) is 66.5 Å². The third kappa shape index (κ3) is 5.50. The zero-order chi connectivity index (χ0) is 17.6. The van der Waals surface area contributed by atoms with Crippen LogP contribution in [0.2, 0.25) is 0 Å². The maximum Gasteiger partial charge on any atom is 0.243 e. The van der Waals surface area contributed by atoms with Crippen molar-refractivity contribution in [1.82, 2.24) is 9.62 Å². The normalized spacial score (nSPS) is 17.1. The molecule has 5 nitrogen and oxygen atoms in total. The van der Waals surface area contributed by atoms with Gasteiger partial charge in [-0.15, -0.1) is 0 Å². The molecule has 1 aromatic rings. The van der Waals surface area contributed by atoms with Crippen molar-refractivity contribution < 1.29 is 13.2 Å². The third-order valence-corrected chi connectivity index (χ3v) is 6.95. The van der Waals surface area contributed by atoms with E-state index in [-0.39, 0.29) is 5.91 Å². The Morgan fingerprint density at radius 1 is 1.29 bits per heavy atom. The van der Waals surface area contributed by atoms with Crippen molar-refractivity contribution in [3.63, 3.8) is 0 Å². The minimum Gasteiger partial charge on any atom is -0.354 e. The average molecular weight is 371 g/mol. The van der Waals surface area contributed by atoms with Crippen molar-refractivity contribution in [3.05, 3.63) is 35.9 Å². The standard InChI is InChI=1S/C17H26N2O3S2/c1-19(24(2,21)22)16(14-8-4-3-5-9-14)17(20)18-12-13-23-15-10-6-7-11-15/h3-5,8-9,15-16H,6-7,10-13H2,1-2H3,(H,18,20)/t16-/m1/s1. The number of benzene rings is 1. The zero-order valence-electron chi connectivity index (χ0n) is 14.3. The van der Waals surface area contributed by atoms with Gasteiger partial charge in [0.1, 0.15) is 6.04 Å². The molecule has 1 fully saturated rings. The van der Waals surface area contributed by atoms with Gasteiger partial charge in [0.15, 0.2) is 0 Å². The van der Waals surface area contributed by atoms with Crippen LogP contribution in [0.25, 0.3) is 0 Å². The Morgan fingerprint density at radius 3 is 2.50 bits per heavy atom. The summed E-state index contributed by atoms with van der Waals surface area (Å²) in [4.78, 5) is 12.6. The smallest absolute Gasteiger partial charge is 0.243 e. The summed E-state index contributed by atoms with van der Waals surface area (Å²) in [7, 11) is -2.03. The minimum atomic E-state index is -3.47. The van der Waals surface area contributed by atoms with E-state index in [1.165, 1.54) is 32.7 Å². The summed E-state index contributed by atoms with van der Waals surface area (Å²) in [6.45, 7) is 0.556. The second kappa shape index (κ2) is 8.87. The Balaban J connectivity index is 1.96. The minimum absolute atomic E-state index is 0.277. The number of hydrogen-bond donors (Lipinski definition) is 1. The second-order valence-electron chi connectivity index (χ2n) is 6.16. The molecule has 1 saturated carbocycles. The molecule has 7 heteroatoms. The first-order chi connectivity index (χ1) is 11.4. The predicted octanol–water partition coefficient (Wildman–Crippen LogP) is 2.41. The van der Waals surface area contributed by atoms with Crippen LogP contribution >= 0.6 is 11.8 Å². The molecule has 1 aliphatic rings. The summed E-state index contributed by atoms with van der Waals surface area (Å²) in [6, 6.07) is 8.18. The molecule has 1 atom stereocenters. The summed E-state index contributed by atoms with van der Waals surface area (Å²) in [6.07, 6.45) is 6.26. The number of sulfonamides is 1. The Morgan fingerprint density at radius 2 is 1.92 bits per heavy atom. The molecule has 0 unspecified atom stereocenters. The van der Waals surface area contributed by atoms with Crippen LogP contribution in [-0.2, 0) is 14.8 Å².